The Labute approximate surface area is 152 Å². The van der Waals surface area contributed by atoms with Gasteiger partial charge in [0, 0.05) is 18.7 Å². The van der Waals surface area contributed by atoms with E-state index >= 15 is 0 Å². The lowest BCUT2D eigenvalue weighted by Gasteiger charge is -2.32. The van der Waals surface area contributed by atoms with E-state index in [9.17, 15) is 4.79 Å². The number of halogens is 2. The molecule has 24 heavy (non-hydrogen) atoms. The van der Waals surface area contributed by atoms with Crippen molar-refractivity contribution in [3.8, 4) is 0 Å². The standard InChI is InChI=1S/C19H19Cl2NO2/c20-17-9-8-15(11-18(17)21)19(23)22-10-4-7-16(12-22)24-13-14-5-2-1-3-6-14/h1-3,5-6,8-9,11,16H,4,7,10,12-13H2/t16-/m0/s1. The molecule has 1 saturated heterocycles. The van der Waals surface area contributed by atoms with Gasteiger partial charge in [-0.25, -0.2) is 0 Å². The average Bonchev–Trinajstić information content (AvgIpc) is 2.63. The van der Waals surface area contributed by atoms with Crippen LogP contribution in [-0.4, -0.2) is 30.0 Å². The van der Waals surface area contributed by atoms with Crippen molar-refractivity contribution in [2.24, 2.45) is 0 Å². The molecule has 3 nitrogen and oxygen atoms in total. The number of rotatable bonds is 4. The zero-order valence-electron chi connectivity index (χ0n) is 13.3. The molecule has 2 aromatic carbocycles. The van der Waals surface area contributed by atoms with Crippen molar-refractivity contribution in [1.82, 2.24) is 4.90 Å². The average molecular weight is 364 g/mol. The number of carbonyl (C=O) groups is 1. The van der Waals surface area contributed by atoms with Crippen LogP contribution in [0.2, 0.25) is 10.0 Å². The first-order valence-corrected chi connectivity index (χ1v) is 8.79. The van der Waals surface area contributed by atoms with E-state index in [0.29, 0.717) is 28.8 Å². The second kappa shape index (κ2) is 8.02. The minimum atomic E-state index is -0.0263. The Morgan fingerprint density at radius 3 is 2.67 bits per heavy atom. The smallest absolute Gasteiger partial charge is 0.253 e. The van der Waals surface area contributed by atoms with E-state index < -0.39 is 0 Å². The van der Waals surface area contributed by atoms with E-state index in [2.05, 4.69) is 0 Å². The molecule has 1 atom stereocenters. The summed E-state index contributed by atoms with van der Waals surface area (Å²) in [7, 11) is 0. The van der Waals surface area contributed by atoms with Crippen LogP contribution in [0.4, 0.5) is 0 Å². The van der Waals surface area contributed by atoms with Gasteiger partial charge in [-0.05, 0) is 36.6 Å². The normalized spacial score (nSPS) is 17.8. The SMILES string of the molecule is O=C(c1ccc(Cl)c(Cl)c1)N1CCC[C@H](OCc2ccccc2)C1. The molecule has 1 aliphatic heterocycles. The molecule has 0 unspecified atom stereocenters. The molecule has 2 aromatic rings. The third kappa shape index (κ3) is 4.29. The van der Waals surface area contributed by atoms with Gasteiger partial charge in [-0.3, -0.25) is 4.79 Å². The van der Waals surface area contributed by atoms with Crippen molar-refractivity contribution in [2.75, 3.05) is 13.1 Å². The Bertz CT molecular complexity index is 706. The Morgan fingerprint density at radius 1 is 1.12 bits per heavy atom. The first kappa shape index (κ1) is 17.3. The zero-order chi connectivity index (χ0) is 16.9. The highest BCUT2D eigenvalue weighted by Gasteiger charge is 2.25. The van der Waals surface area contributed by atoms with Crippen LogP contribution in [-0.2, 0) is 11.3 Å². The first-order chi connectivity index (χ1) is 11.6. The first-order valence-electron chi connectivity index (χ1n) is 8.03. The van der Waals surface area contributed by atoms with Crippen LogP contribution >= 0.6 is 23.2 Å². The summed E-state index contributed by atoms with van der Waals surface area (Å²) < 4.78 is 5.99. The molecule has 0 N–H and O–H groups in total. The molecule has 1 aliphatic rings. The lowest BCUT2D eigenvalue weighted by molar-refractivity contribution is -0.00672. The van der Waals surface area contributed by atoms with E-state index in [1.54, 1.807) is 18.2 Å². The highest BCUT2D eigenvalue weighted by molar-refractivity contribution is 6.42. The number of ether oxygens (including phenoxy) is 1. The van der Waals surface area contributed by atoms with Gasteiger partial charge in [-0.1, -0.05) is 53.5 Å². The van der Waals surface area contributed by atoms with Gasteiger partial charge < -0.3 is 9.64 Å². The third-order valence-corrected chi connectivity index (χ3v) is 4.90. The molecule has 1 amide bonds. The van der Waals surface area contributed by atoms with Crippen molar-refractivity contribution in [1.29, 1.82) is 0 Å². The van der Waals surface area contributed by atoms with Gasteiger partial charge in [0.1, 0.15) is 0 Å². The van der Waals surface area contributed by atoms with Crippen molar-refractivity contribution < 1.29 is 9.53 Å². The summed E-state index contributed by atoms with van der Waals surface area (Å²) in [6, 6.07) is 15.1. The molecule has 0 radical (unpaired) electrons. The number of hydrogen-bond donors (Lipinski definition) is 0. The third-order valence-electron chi connectivity index (χ3n) is 4.16. The topological polar surface area (TPSA) is 29.5 Å². The summed E-state index contributed by atoms with van der Waals surface area (Å²) in [5.74, 6) is -0.0263. The maximum Gasteiger partial charge on any atom is 0.253 e. The predicted octanol–water partition coefficient (Wildman–Crippen LogP) is 4.81. The number of amides is 1. The van der Waals surface area contributed by atoms with E-state index in [0.717, 1.165) is 24.9 Å². The highest BCUT2D eigenvalue weighted by Crippen LogP contribution is 2.24. The second-order valence-corrected chi connectivity index (χ2v) is 6.76. The molecule has 0 aromatic heterocycles. The molecular weight excluding hydrogens is 345 g/mol. The van der Waals surface area contributed by atoms with Crippen LogP contribution in [0.5, 0.6) is 0 Å². The molecule has 0 aliphatic carbocycles. The Kier molecular flexibility index (Phi) is 5.77. The van der Waals surface area contributed by atoms with Crippen LogP contribution in [0.1, 0.15) is 28.8 Å². The minimum absolute atomic E-state index is 0.0263. The van der Waals surface area contributed by atoms with Crippen LogP contribution in [0, 0.1) is 0 Å². The summed E-state index contributed by atoms with van der Waals surface area (Å²) in [5.41, 5.74) is 1.71. The fourth-order valence-electron chi connectivity index (χ4n) is 2.86. The summed E-state index contributed by atoms with van der Waals surface area (Å²) in [6.07, 6.45) is 1.97. The predicted molar refractivity (Wildman–Crippen MR) is 96.6 cm³/mol. The lowest BCUT2D eigenvalue weighted by Crippen LogP contribution is -2.43. The molecule has 3 rings (SSSR count). The van der Waals surface area contributed by atoms with Crippen molar-refractivity contribution >= 4 is 29.1 Å². The molecule has 1 heterocycles. The number of piperidine rings is 1. The van der Waals surface area contributed by atoms with Gasteiger partial charge >= 0.3 is 0 Å². The number of nitrogens with zero attached hydrogens (tertiary/aromatic N) is 1. The summed E-state index contributed by atoms with van der Waals surface area (Å²) in [4.78, 5) is 14.5. The van der Waals surface area contributed by atoms with Gasteiger partial charge in [0.05, 0.1) is 22.8 Å². The number of likely N-dealkylation sites (tertiary alicyclic amines) is 1. The fraction of sp³-hybridized carbons (Fsp3) is 0.316. The second-order valence-electron chi connectivity index (χ2n) is 5.94. The van der Waals surface area contributed by atoms with Crippen molar-refractivity contribution in [3.63, 3.8) is 0 Å². The highest BCUT2D eigenvalue weighted by atomic mass is 35.5. The largest absolute Gasteiger partial charge is 0.372 e. The van der Waals surface area contributed by atoms with Crippen LogP contribution in [0.15, 0.2) is 48.5 Å². The molecular formula is C19H19Cl2NO2. The Hall–Kier alpha value is -1.55. The minimum Gasteiger partial charge on any atom is -0.372 e. The fourth-order valence-corrected chi connectivity index (χ4v) is 3.16. The van der Waals surface area contributed by atoms with Crippen LogP contribution < -0.4 is 0 Å². The summed E-state index contributed by atoms with van der Waals surface area (Å²) in [6.45, 7) is 1.91. The number of hydrogen-bond acceptors (Lipinski definition) is 2. The Morgan fingerprint density at radius 2 is 1.92 bits per heavy atom. The van der Waals surface area contributed by atoms with E-state index in [4.69, 9.17) is 27.9 Å². The van der Waals surface area contributed by atoms with Gasteiger partial charge in [0.25, 0.3) is 5.91 Å². The summed E-state index contributed by atoms with van der Waals surface area (Å²) >= 11 is 11.9. The Balaban J connectivity index is 1.60. The maximum absolute atomic E-state index is 12.7. The van der Waals surface area contributed by atoms with Crippen LogP contribution in [0.3, 0.4) is 0 Å². The van der Waals surface area contributed by atoms with E-state index in [1.807, 2.05) is 35.2 Å². The molecule has 5 heteroatoms. The molecule has 0 spiro atoms. The van der Waals surface area contributed by atoms with Gasteiger partial charge in [0.2, 0.25) is 0 Å². The van der Waals surface area contributed by atoms with E-state index in [-0.39, 0.29) is 12.0 Å². The number of benzene rings is 2. The van der Waals surface area contributed by atoms with Gasteiger partial charge in [-0.2, -0.15) is 0 Å². The zero-order valence-corrected chi connectivity index (χ0v) is 14.8. The van der Waals surface area contributed by atoms with Gasteiger partial charge in [0.15, 0.2) is 0 Å². The quantitative estimate of drug-likeness (QED) is 0.779. The molecule has 1 fully saturated rings. The summed E-state index contributed by atoms with van der Waals surface area (Å²) in [5, 5.41) is 0.854. The van der Waals surface area contributed by atoms with E-state index in [1.165, 1.54) is 0 Å². The molecule has 0 bridgehead atoms. The number of carbonyl (C=O) groups excluding carboxylic acids is 1. The van der Waals surface area contributed by atoms with Gasteiger partial charge in [-0.15, -0.1) is 0 Å². The van der Waals surface area contributed by atoms with Crippen molar-refractivity contribution in [2.45, 2.75) is 25.6 Å². The maximum atomic E-state index is 12.7. The monoisotopic (exact) mass is 363 g/mol. The van der Waals surface area contributed by atoms with Crippen LogP contribution in [0.25, 0.3) is 0 Å². The molecule has 126 valence electrons. The van der Waals surface area contributed by atoms with Crippen molar-refractivity contribution in [3.05, 3.63) is 69.7 Å². The molecule has 0 saturated carbocycles. The lowest BCUT2D eigenvalue weighted by atomic mass is 10.1.